The molecule has 0 saturated carbocycles. The van der Waals surface area contributed by atoms with E-state index in [1.807, 2.05) is 6.92 Å². The molecule has 0 atom stereocenters. The lowest BCUT2D eigenvalue weighted by atomic mass is 10.2. The summed E-state index contributed by atoms with van der Waals surface area (Å²) >= 11 is 5.91. The van der Waals surface area contributed by atoms with E-state index in [4.69, 9.17) is 11.6 Å². The molecule has 0 fully saturated rings. The molecule has 0 aliphatic rings. The van der Waals surface area contributed by atoms with Crippen molar-refractivity contribution in [2.75, 3.05) is 5.32 Å². The summed E-state index contributed by atoms with van der Waals surface area (Å²) in [6.07, 6.45) is 3.00. The van der Waals surface area contributed by atoms with Crippen molar-refractivity contribution in [3.63, 3.8) is 0 Å². The largest absolute Gasteiger partial charge is 0.306 e. The first kappa shape index (κ1) is 19.8. The van der Waals surface area contributed by atoms with Crippen molar-refractivity contribution in [1.29, 1.82) is 0 Å². The summed E-state index contributed by atoms with van der Waals surface area (Å²) in [5.41, 5.74) is 2.31. The second-order valence-electron chi connectivity index (χ2n) is 7.01. The maximum atomic E-state index is 13.3. The zero-order chi connectivity index (χ0) is 22.2. The van der Waals surface area contributed by atoms with Crippen LogP contribution in [0.1, 0.15) is 16.1 Å². The average molecular weight is 448 g/mol. The van der Waals surface area contributed by atoms with Crippen molar-refractivity contribution in [2.45, 2.75) is 6.92 Å². The molecule has 0 bridgehead atoms. The molecule has 0 unspecified atom stereocenters. The van der Waals surface area contributed by atoms with E-state index in [0.717, 1.165) is 0 Å². The fraction of sp³-hybridized carbons (Fsp3) is 0.0455. The summed E-state index contributed by atoms with van der Waals surface area (Å²) in [6, 6.07) is 14.2. The van der Waals surface area contributed by atoms with Crippen molar-refractivity contribution < 1.29 is 9.18 Å². The number of carbonyl (C=O) groups excluding carboxylic acids is 1. The normalized spacial score (nSPS) is 11.1. The van der Waals surface area contributed by atoms with E-state index in [-0.39, 0.29) is 11.7 Å². The zero-order valence-corrected chi connectivity index (χ0v) is 17.5. The molecule has 0 aliphatic carbocycles. The van der Waals surface area contributed by atoms with Crippen molar-refractivity contribution in [2.24, 2.45) is 0 Å². The lowest BCUT2D eigenvalue weighted by molar-refractivity contribution is 0.102. The molecule has 5 rings (SSSR count). The van der Waals surface area contributed by atoms with E-state index < -0.39 is 0 Å². The third-order valence-corrected chi connectivity index (χ3v) is 5.05. The topological polar surface area (TPSA) is 90.5 Å². The predicted octanol–water partition coefficient (Wildman–Crippen LogP) is 4.35. The minimum atomic E-state index is -0.339. The van der Waals surface area contributed by atoms with Crippen molar-refractivity contribution >= 4 is 34.4 Å². The Morgan fingerprint density at radius 2 is 1.78 bits per heavy atom. The number of hydrogen-bond donors (Lipinski definition) is 1. The third-order valence-electron chi connectivity index (χ3n) is 4.80. The van der Waals surface area contributed by atoms with E-state index in [1.165, 1.54) is 23.1 Å². The van der Waals surface area contributed by atoms with E-state index >= 15 is 0 Å². The van der Waals surface area contributed by atoms with E-state index in [9.17, 15) is 9.18 Å². The van der Waals surface area contributed by atoms with Gasteiger partial charge >= 0.3 is 0 Å². The molecule has 1 amide bonds. The number of nitrogens with zero attached hydrogens (tertiary/aromatic N) is 6. The molecule has 0 aliphatic heterocycles. The molecule has 0 radical (unpaired) electrons. The highest BCUT2D eigenvalue weighted by atomic mass is 35.5. The molecule has 32 heavy (non-hydrogen) atoms. The number of fused-ring (bicyclic) bond motifs is 1. The average Bonchev–Trinajstić information content (AvgIpc) is 3.38. The molecule has 8 nitrogen and oxygen atoms in total. The van der Waals surface area contributed by atoms with Crippen LogP contribution in [0.5, 0.6) is 0 Å². The number of aromatic nitrogens is 6. The number of halogens is 2. The van der Waals surface area contributed by atoms with E-state index in [2.05, 4.69) is 25.5 Å². The van der Waals surface area contributed by atoms with Gasteiger partial charge in [0, 0.05) is 16.7 Å². The highest BCUT2D eigenvalue weighted by Gasteiger charge is 2.18. The minimum Gasteiger partial charge on any atom is -0.306 e. The van der Waals surface area contributed by atoms with Crippen LogP contribution in [-0.4, -0.2) is 35.4 Å². The fourth-order valence-electron chi connectivity index (χ4n) is 3.31. The first-order valence-corrected chi connectivity index (χ1v) is 9.96. The second kappa shape index (κ2) is 7.86. The van der Waals surface area contributed by atoms with Crippen molar-refractivity contribution in [1.82, 2.24) is 29.5 Å². The molecule has 3 heterocycles. The molecular weight excluding hydrogens is 433 g/mol. The van der Waals surface area contributed by atoms with E-state index in [1.54, 1.807) is 53.3 Å². The van der Waals surface area contributed by atoms with Crippen LogP contribution in [0, 0.1) is 12.7 Å². The quantitative estimate of drug-likeness (QED) is 0.442. The van der Waals surface area contributed by atoms with Gasteiger partial charge in [-0.3, -0.25) is 4.79 Å². The van der Waals surface area contributed by atoms with Crippen LogP contribution < -0.4 is 5.32 Å². The molecule has 3 aromatic heterocycles. The SMILES string of the molecule is Cc1cc(NC(=O)c2ccc(Cl)cc2)n(-c2ncnc3c2cnn3-c2ccc(F)cc2)n1. The summed E-state index contributed by atoms with van der Waals surface area (Å²) in [5, 5.41) is 12.9. The predicted molar refractivity (Wildman–Crippen MR) is 118 cm³/mol. The fourth-order valence-corrected chi connectivity index (χ4v) is 3.44. The Hall–Kier alpha value is -4.11. The molecule has 0 spiro atoms. The molecule has 0 saturated heterocycles. The number of anilines is 1. The first-order chi connectivity index (χ1) is 15.5. The zero-order valence-electron chi connectivity index (χ0n) is 16.7. The van der Waals surface area contributed by atoms with Gasteiger partial charge in [-0.05, 0) is 55.5 Å². The Kier molecular flexibility index (Phi) is 4.87. The van der Waals surface area contributed by atoms with Crippen LogP contribution in [0.2, 0.25) is 5.02 Å². The van der Waals surface area contributed by atoms with Gasteiger partial charge in [0.05, 0.1) is 23.0 Å². The third kappa shape index (κ3) is 3.58. The summed E-state index contributed by atoms with van der Waals surface area (Å²) in [4.78, 5) is 21.4. The molecule has 2 aromatic carbocycles. The van der Waals surface area contributed by atoms with Crippen LogP contribution in [0.25, 0.3) is 22.5 Å². The summed E-state index contributed by atoms with van der Waals surface area (Å²) < 4.78 is 16.4. The number of aryl methyl sites for hydroxylation is 1. The van der Waals surface area contributed by atoms with Gasteiger partial charge in [0.2, 0.25) is 0 Å². The smallest absolute Gasteiger partial charge is 0.256 e. The number of nitrogens with one attached hydrogen (secondary N) is 1. The summed E-state index contributed by atoms with van der Waals surface area (Å²) in [5.74, 6) is 0.239. The molecular formula is C22H15ClFN7O. The molecule has 1 N–H and O–H groups in total. The maximum absolute atomic E-state index is 13.3. The van der Waals surface area contributed by atoms with Gasteiger partial charge in [0.1, 0.15) is 18.0 Å². The Labute approximate surface area is 186 Å². The number of benzene rings is 2. The monoisotopic (exact) mass is 447 g/mol. The van der Waals surface area contributed by atoms with Crippen LogP contribution in [0.15, 0.2) is 67.1 Å². The minimum absolute atomic E-state index is 0.310. The highest BCUT2D eigenvalue weighted by molar-refractivity contribution is 6.30. The Bertz CT molecular complexity index is 1440. The Morgan fingerprint density at radius 3 is 2.53 bits per heavy atom. The highest BCUT2D eigenvalue weighted by Crippen LogP contribution is 2.24. The van der Waals surface area contributed by atoms with Crippen molar-refractivity contribution in [3.05, 3.63) is 89.2 Å². The van der Waals surface area contributed by atoms with E-state index in [0.29, 0.717) is 44.6 Å². The van der Waals surface area contributed by atoms with Gasteiger partial charge in [-0.1, -0.05) is 11.6 Å². The van der Waals surface area contributed by atoms with Crippen LogP contribution in [0.4, 0.5) is 10.2 Å². The van der Waals surface area contributed by atoms with Gasteiger partial charge < -0.3 is 5.32 Å². The number of carbonyl (C=O) groups is 1. The van der Waals surface area contributed by atoms with Gasteiger partial charge in [-0.2, -0.15) is 14.9 Å². The lowest BCUT2D eigenvalue weighted by Crippen LogP contribution is -2.15. The van der Waals surface area contributed by atoms with Gasteiger partial charge in [-0.15, -0.1) is 0 Å². The summed E-state index contributed by atoms with van der Waals surface area (Å²) in [7, 11) is 0. The second-order valence-corrected chi connectivity index (χ2v) is 7.45. The van der Waals surface area contributed by atoms with Gasteiger partial charge in [0.15, 0.2) is 11.5 Å². The molecule has 10 heteroatoms. The Balaban J connectivity index is 1.55. The molecule has 158 valence electrons. The number of hydrogen-bond acceptors (Lipinski definition) is 5. The standard InChI is InChI=1S/C22H15ClFN7O/c1-13-10-19(28-22(32)14-2-4-15(23)5-3-14)31(29-13)21-18-11-27-30(20(18)25-12-26-21)17-8-6-16(24)7-9-17/h2-12H,1H3,(H,28,32). The van der Waals surface area contributed by atoms with Gasteiger partial charge in [-0.25, -0.2) is 19.0 Å². The van der Waals surface area contributed by atoms with Crippen molar-refractivity contribution in [3.8, 4) is 11.5 Å². The molecule has 5 aromatic rings. The maximum Gasteiger partial charge on any atom is 0.256 e. The number of rotatable bonds is 4. The van der Waals surface area contributed by atoms with Crippen LogP contribution in [-0.2, 0) is 0 Å². The van der Waals surface area contributed by atoms with Crippen LogP contribution in [0.3, 0.4) is 0 Å². The van der Waals surface area contributed by atoms with Crippen LogP contribution >= 0.6 is 11.6 Å². The number of amides is 1. The van der Waals surface area contributed by atoms with Gasteiger partial charge in [0.25, 0.3) is 5.91 Å². The lowest BCUT2D eigenvalue weighted by Gasteiger charge is -2.09. The summed E-state index contributed by atoms with van der Waals surface area (Å²) in [6.45, 7) is 1.81. The Morgan fingerprint density at radius 1 is 1.03 bits per heavy atom. The first-order valence-electron chi connectivity index (χ1n) is 9.58.